The zero-order valence-electron chi connectivity index (χ0n) is 12.3. The molecule has 0 bridgehead atoms. The van der Waals surface area contributed by atoms with E-state index in [1.807, 2.05) is 6.07 Å². The van der Waals surface area contributed by atoms with Gasteiger partial charge in [-0.15, -0.1) is 0 Å². The summed E-state index contributed by atoms with van der Waals surface area (Å²) in [6, 6.07) is 1.25. The molecule has 1 aliphatic heterocycles. The van der Waals surface area contributed by atoms with E-state index in [0.29, 0.717) is 29.6 Å². The molecule has 1 saturated carbocycles. The van der Waals surface area contributed by atoms with E-state index >= 15 is 0 Å². The first kappa shape index (κ1) is 15.0. The maximum absolute atomic E-state index is 12.3. The molecule has 1 fully saturated rings. The molecule has 9 nitrogen and oxygen atoms in total. The molecular weight excluding hydrogens is 302 g/mol. The molecule has 1 aliphatic carbocycles. The Bertz CT molecular complexity index is 840. The minimum absolute atomic E-state index is 0.0846. The molecular formula is C14H15N5O4. The van der Waals surface area contributed by atoms with E-state index in [0.717, 1.165) is 12.8 Å². The summed E-state index contributed by atoms with van der Waals surface area (Å²) in [7, 11) is 0. The number of nitriles is 1. The molecule has 0 radical (unpaired) electrons. The highest BCUT2D eigenvalue weighted by atomic mass is 16.2. The molecule has 0 saturated heterocycles. The van der Waals surface area contributed by atoms with Gasteiger partial charge in [0.05, 0.1) is 0 Å². The quantitative estimate of drug-likeness (QED) is 0.725. The van der Waals surface area contributed by atoms with Crippen LogP contribution in [-0.2, 0) is 24.3 Å². The highest BCUT2D eigenvalue weighted by molar-refractivity contribution is 5.94. The van der Waals surface area contributed by atoms with Crippen LogP contribution in [0.2, 0.25) is 0 Å². The molecule has 3 rings (SSSR count). The molecule has 0 spiro atoms. The van der Waals surface area contributed by atoms with Crippen molar-refractivity contribution < 1.29 is 9.59 Å². The van der Waals surface area contributed by atoms with E-state index in [4.69, 9.17) is 5.26 Å². The molecule has 3 amide bonds. The smallest absolute Gasteiger partial charge is 0.331 e. The predicted octanol–water partition coefficient (Wildman–Crippen LogP) is -1.18. The Morgan fingerprint density at radius 1 is 1.30 bits per heavy atom. The van der Waals surface area contributed by atoms with Crippen LogP contribution in [0.25, 0.3) is 0 Å². The van der Waals surface area contributed by atoms with Crippen molar-refractivity contribution in [1.29, 1.82) is 5.26 Å². The number of hydrogen-bond acceptors (Lipinski definition) is 5. The lowest BCUT2D eigenvalue weighted by atomic mass is 10.2. The molecule has 2 heterocycles. The number of hydrogen-bond donors (Lipinski definition) is 2. The summed E-state index contributed by atoms with van der Waals surface area (Å²) < 4.78 is 2.05. The molecule has 120 valence electrons. The topological polar surface area (TPSA) is 126 Å². The van der Waals surface area contributed by atoms with Crippen LogP contribution in [0, 0.1) is 11.3 Å². The lowest BCUT2D eigenvalue weighted by Gasteiger charge is -2.11. The molecule has 0 aromatic carbocycles. The Kier molecular flexibility index (Phi) is 3.73. The first-order valence-electron chi connectivity index (χ1n) is 7.38. The molecule has 23 heavy (non-hydrogen) atoms. The van der Waals surface area contributed by atoms with Gasteiger partial charge in [0, 0.05) is 18.3 Å². The van der Waals surface area contributed by atoms with E-state index < -0.39 is 29.7 Å². The Morgan fingerprint density at radius 3 is 2.70 bits per heavy atom. The van der Waals surface area contributed by atoms with Crippen molar-refractivity contribution >= 4 is 11.9 Å². The third-order valence-corrected chi connectivity index (χ3v) is 3.91. The van der Waals surface area contributed by atoms with Crippen molar-refractivity contribution in [3.05, 3.63) is 32.1 Å². The van der Waals surface area contributed by atoms with Gasteiger partial charge in [-0.1, -0.05) is 0 Å². The number of carbonyl (C=O) groups excluding carboxylic acids is 2. The highest BCUT2D eigenvalue weighted by Gasteiger charge is 2.26. The van der Waals surface area contributed by atoms with E-state index in [9.17, 15) is 19.2 Å². The van der Waals surface area contributed by atoms with Gasteiger partial charge in [-0.3, -0.25) is 19.5 Å². The minimum atomic E-state index is -0.789. The van der Waals surface area contributed by atoms with Gasteiger partial charge >= 0.3 is 11.7 Å². The fraction of sp³-hybridized carbons (Fsp3) is 0.500. The number of urea groups is 1. The van der Waals surface area contributed by atoms with Crippen molar-refractivity contribution in [2.24, 2.45) is 0 Å². The van der Waals surface area contributed by atoms with E-state index in [1.54, 1.807) is 0 Å². The average molecular weight is 317 g/mol. The molecule has 0 atom stereocenters. The van der Waals surface area contributed by atoms with Gasteiger partial charge in [0.2, 0.25) is 5.91 Å². The lowest BCUT2D eigenvalue weighted by molar-refractivity contribution is -0.120. The second-order valence-corrected chi connectivity index (χ2v) is 5.66. The van der Waals surface area contributed by atoms with Crippen LogP contribution in [0.3, 0.4) is 0 Å². The van der Waals surface area contributed by atoms with Crippen LogP contribution < -0.4 is 21.9 Å². The summed E-state index contributed by atoms with van der Waals surface area (Å²) in [4.78, 5) is 47.9. The predicted molar refractivity (Wildman–Crippen MR) is 77.7 cm³/mol. The molecule has 0 unspecified atom stereocenters. The fourth-order valence-corrected chi connectivity index (χ4v) is 2.65. The van der Waals surface area contributed by atoms with E-state index in [2.05, 4.69) is 10.6 Å². The van der Waals surface area contributed by atoms with E-state index in [1.165, 1.54) is 4.57 Å². The Morgan fingerprint density at radius 2 is 2.04 bits per heavy atom. The van der Waals surface area contributed by atoms with Crippen molar-refractivity contribution in [2.75, 3.05) is 0 Å². The van der Waals surface area contributed by atoms with Crippen molar-refractivity contribution in [1.82, 2.24) is 19.8 Å². The number of amides is 3. The first-order valence-corrected chi connectivity index (χ1v) is 7.38. The number of fused-ring (bicyclic) bond motifs is 1. The second kappa shape index (κ2) is 5.72. The summed E-state index contributed by atoms with van der Waals surface area (Å²) in [6.07, 6.45) is 2.91. The fourth-order valence-electron chi connectivity index (χ4n) is 2.65. The van der Waals surface area contributed by atoms with Crippen LogP contribution >= 0.6 is 0 Å². The average Bonchev–Trinajstić information content (AvgIpc) is 3.17. The van der Waals surface area contributed by atoms with Crippen molar-refractivity contribution in [2.45, 2.75) is 44.8 Å². The van der Waals surface area contributed by atoms with Gasteiger partial charge in [0.1, 0.15) is 18.2 Å². The maximum atomic E-state index is 12.3. The first-order chi connectivity index (χ1) is 11.0. The van der Waals surface area contributed by atoms with Gasteiger partial charge in [-0.2, -0.15) is 5.26 Å². The number of nitrogens with one attached hydrogen (secondary N) is 2. The van der Waals surface area contributed by atoms with Crippen LogP contribution in [0.15, 0.2) is 9.59 Å². The standard InChI is InChI=1S/C14H15N5O4/c15-6-9-10-2-1-5-18(10)14(23)19(12(9)21)7-11(20)17-13(22)16-8-3-4-8/h8H,1-5,7H2,(H2,16,17,20,22). The molecule has 2 N–H and O–H groups in total. The SMILES string of the molecule is N#Cc1c2n(c(=O)n(CC(=O)NC(=O)NC3CC3)c1=O)CCC2. The zero-order chi connectivity index (χ0) is 16.6. The summed E-state index contributed by atoms with van der Waals surface area (Å²) in [5.74, 6) is -0.773. The Labute approximate surface area is 130 Å². The summed E-state index contributed by atoms with van der Waals surface area (Å²) >= 11 is 0. The zero-order valence-corrected chi connectivity index (χ0v) is 12.3. The van der Waals surface area contributed by atoms with Gasteiger partial charge in [-0.05, 0) is 25.7 Å². The number of nitrogens with zero attached hydrogens (tertiary/aromatic N) is 3. The maximum Gasteiger partial charge on any atom is 0.331 e. The molecule has 1 aromatic heterocycles. The third-order valence-electron chi connectivity index (χ3n) is 3.91. The second-order valence-electron chi connectivity index (χ2n) is 5.66. The summed E-state index contributed by atoms with van der Waals surface area (Å²) in [5, 5.41) is 13.8. The Hall–Kier alpha value is -2.89. The van der Waals surface area contributed by atoms with Crippen LogP contribution in [0.5, 0.6) is 0 Å². The van der Waals surface area contributed by atoms with Crippen molar-refractivity contribution in [3.63, 3.8) is 0 Å². The van der Waals surface area contributed by atoms with Crippen molar-refractivity contribution in [3.8, 4) is 6.07 Å². The van der Waals surface area contributed by atoms with Gasteiger partial charge < -0.3 is 5.32 Å². The number of imide groups is 1. The third kappa shape index (κ3) is 2.88. The normalized spacial score (nSPS) is 15.6. The molecule has 9 heteroatoms. The van der Waals surface area contributed by atoms with Crippen LogP contribution in [0.1, 0.15) is 30.5 Å². The van der Waals surface area contributed by atoms with Gasteiger partial charge in [-0.25, -0.2) is 14.2 Å². The highest BCUT2D eigenvalue weighted by Crippen LogP contribution is 2.18. The lowest BCUT2D eigenvalue weighted by Crippen LogP contribution is -2.47. The Balaban J connectivity index is 1.84. The van der Waals surface area contributed by atoms with Gasteiger partial charge in [0.25, 0.3) is 5.56 Å². The number of carbonyl (C=O) groups is 2. The van der Waals surface area contributed by atoms with E-state index in [-0.39, 0.29) is 11.6 Å². The number of rotatable bonds is 3. The monoisotopic (exact) mass is 317 g/mol. The minimum Gasteiger partial charge on any atom is -0.335 e. The van der Waals surface area contributed by atoms with Gasteiger partial charge in [0.15, 0.2) is 0 Å². The van der Waals surface area contributed by atoms with Crippen LogP contribution in [-0.4, -0.2) is 27.1 Å². The summed E-state index contributed by atoms with van der Waals surface area (Å²) in [6.45, 7) is -0.183. The summed E-state index contributed by atoms with van der Waals surface area (Å²) in [5.41, 5.74) is -1.11. The number of aromatic nitrogens is 2. The molecule has 2 aliphatic rings. The largest absolute Gasteiger partial charge is 0.335 e. The molecule has 1 aromatic rings. The van der Waals surface area contributed by atoms with Crippen LogP contribution in [0.4, 0.5) is 4.79 Å².